The molecule has 1 heterocycles. The highest BCUT2D eigenvalue weighted by Crippen LogP contribution is 2.24. The SMILES string of the molecule is CN(C)Cn1nc(-c2ccccc2)n(-c2ccc(F)cc2F)c1=S. The molecule has 4 nitrogen and oxygen atoms in total. The van der Waals surface area contributed by atoms with E-state index in [1.807, 2.05) is 49.3 Å². The first-order valence-corrected chi connectivity index (χ1v) is 7.73. The van der Waals surface area contributed by atoms with E-state index in [9.17, 15) is 8.78 Å². The molecule has 7 heteroatoms. The van der Waals surface area contributed by atoms with Gasteiger partial charge in [0.2, 0.25) is 4.77 Å². The van der Waals surface area contributed by atoms with Crippen LogP contribution in [0, 0.1) is 16.4 Å². The van der Waals surface area contributed by atoms with Gasteiger partial charge < -0.3 is 0 Å². The van der Waals surface area contributed by atoms with Crippen molar-refractivity contribution >= 4 is 12.2 Å². The van der Waals surface area contributed by atoms with Crippen molar-refractivity contribution in [1.29, 1.82) is 0 Å². The van der Waals surface area contributed by atoms with Crippen LogP contribution in [0.4, 0.5) is 8.78 Å². The topological polar surface area (TPSA) is 26.0 Å². The first-order chi connectivity index (χ1) is 11.5. The highest BCUT2D eigenvalue weighted by atomic mass is 32.1. The van der Waals surface area contributed by atoms with Crippen LogP contribution in [0.25, 0.3) is 17.1 Å². The molecule has 0 saturated heterocycles. The summed E-state index contributed by atoms with van der Waals surface area (Å²) in [5.41, 5.74) is 0.968. The zero-order valence-electron chi connectivity index (χ0n) is 13.3. The number of rotatable bonds is 4. The molecule has 2 aromatic carbocycles. The second-order valence-electron chi connectivity index (χ2n) is 5.62. The average molecular weight is 346 g/mol. The Morgan fingerprint density at radius 2 is 1.79 bits per heavy atom. The molecule has 0 aliphatic heterocycles. The first kappa shape index (κ1) is 16.5. The van der Waals surface area contributed by atoms with Crippen molar-refractivity contribution in [3.8, 4) is 17.1 Å². The summed E-state index contributed by atoms with van der Waals surface area (Å²) in [7, 11) is 3.78. The van der Waals surface area contributed by atoms with Gasteiger partial charge >= 0.3 is 0 Å². The van der Waals surface area contributed by atoms with Crippen molar-refractivity contribution in [2.45, 2.75) is 6.67 Å². The highest BCUT2D eigenvalue weighted by Gasteiger charge is 2.17. The molecule has 3 aromatic rings. The Balaban J connectivity index is 2.26. The third-order valence-electron chi connectivity index (χ3n) is 3.44. The summed E-state index contributed by atoms with van der Waals surface area (Å²) in [4.78, 5) is 1.91. The molecular weight excluding hydrogens is 330 g/mol. The fourth-order valence-corrected chi connectivity index (χ4v) is 2.71. The maximum absolute atomic E-state index is 14.3. The van der Waals surface area contributed by atoms with E-state index in [1.165, 1.54) is 16.7 Å². The fourth-order valence-electron chi connectivity index (χ4n) is 2.42. The molecule has 124 valence electrons. The van der Waals surface area contributed by atoms with Crippen LogP contribution in [0.3, 0.4) is 0 Å². The fraction of sp³-hybridized carbons (Fsp3) is 0.176. The summed E-state index contributed by atoms with van der Waals surface area (Å²) in [5, 5.41) is 4.53. The number of hydrogen-bond acceptors (Lipinski definition) is 3. The molecule has 0 atom stereocenters. The van der Waals surface area contributed by atoms with Gasteiger partial charge in [0.1, 0.15) is 11.6 Å². The molecule has 0 aliphatic rings. The van der Waals surface area contributed by atoms with E-state index in [2.05, 4.69) is 5.10 Å². The van der Waals surface area contributed by atoms with Crippen LogP contribution in [0.5, 0.6) is 0 Å². The average Bonchev–Trinajstić information content (AvgIpc) is 2.85. The van der Waals surface area contributed by atoms with Crippen molar-refractivity contribution in [2.24, 2.45) is 0 Å². The van der Waals surface area contributed by atoms with Crippen LogP contribution in [-0.2, 0) is 6.67 Å². The lowest BCUT2D eigenvalue weighted by atomic mass is 10.2. The minimum Gasteiger partial charge on any atom is -0.290 e. The van der Waals surface area contributed by atoms with Gasteiger partial charge in [0.25, 0.3) is 0 Å². The zero-order valence-corrected chi connectivity index (χ0v) is 14.1. The lowest BCUT2D eigenvalue weighted by Gasteiger charge is -2.09. The van der Waals surface area contributed by atoms with Crippen LogP contribution < -0.4 is 0 Å². The summed E-state index contributed by atoms with van der Waals surface area (Å²) in [6.07, 6.45) is 0. The van der Waals surface area contributed by atoms with Crippen molar-refractivity contribution < 1.29 is 8.78 Å². The largest absolute Gasteiger partial charge is 0.290 e. The van der Waals surface area contributed by atoms with E-state index < -0.39 is 11.6 Å². The molecule has 3 rings (SSSR count). The van der Waals surface area contributed by atoms with E-state index in [1.54, 1.807) is 4.68 Å². The summed E-state index contributed by atoms with van der Waals surface area (Å²) in [6.45, 7) is 0.453. The Kier molecular flexibility index (Phi) is 4.55. The molecule has 24 heavy (non-hydrogen) atoms. The Labute approximate surface area is 143 Å². The van der Waals surface area contributed by atoms with Crippen molar-refractivity contribution in [3.63, 3.8) is 0 Å². The molecule has 0 aliphatic carbocycles. The monoisotopic (exact) mass is 346 g/mol. The lowest BCUT2D eigenvalue weighted by molar-refractivity contribution is 0.304. The molecule has 0 amide bonds. The maximum Gasteiger partial charge on any atom is 0.204 e. The number of benzene rings is 2. The van der Waals surface area contributed by atoms with Crippen LogP contribution in [0.15, 0.2) is 48.5 Å². The van der Waals surface area contributed by atoms with E-state index in [0.717, 1.165) is 11.6 Å². The van der Waals surface area contributed by atoms with Gasteiger partial charge in [-0.3, -0.25) is 9.47 Å². The van der Waals surface area contributed by atoms with Crippen LogP contribution in [0.2, 0.25) is 0 Å². The molecule has 0 radical (unpaired) electrons. The Bertz CT molecular complexity index is 916. The summed E-state index contributed by atoms with van der Waals surface area (Å²) >= 11 is 5.48. The minimum absolute atomic E-state index is 0.172. The maximum atomic E-state index is 14.3. The first-order valence-electron chi connectivity index (χ1n) is 7.33. The van der Waals surface area contributed by atoms with Crippen molar-refractivity contribution in [1.82, 2.24) is 19.2 Å². The summed E-state index contributed by atoms with van der Waals surface area (Å²) in [6, 6.07) is 12.8. The van der Waals surface area contributed by atoms with Gasteiger partial charge in [-0.25, -0.2) is 13.5 Å². The molecular formula is C17H16F2N4S. The number of hydrogen-bond donors (Lipinski definition) is 0. The predicted octanol–water partition coefficient (Wildman–Crippen LogP) is 3.87. The number of nitrogens with zero attached hydrogens (tertiary/aromatic N) is 4. The predicted molar refractivity (Wildman–Crippen MR) is 91.4 cm³/mol. The Morgan fingerprint density at radius 1 is 1.08 bits per heavy atom. The molecule has 0 saturated carbocycles. The minimum atomic E-state index is -0.687. The Hall–Kier alpha value is -2.38. The van der Waals surface area contributed by atoms with Gasteiger partial charge in [-0.05, 0) is 38.4 Å². The van der Waals surface area contributed by atoms with Gasteiger partial charge in [0, 0.05) is 11.6 Å². The highest BCUT2D eigenvalue weighted by molar-refractivity contribution is 7.71. The van der Waals surface area contributed by atoms with Crippen LogP contribution in [0.1, 0.15) is 0 Å². The van der Waals surface area contributed by atoms with E-state index in [0.29, 0.717) is 17.3 Å². The summed E-state index contributed by atoms with van der Waals surface area (Å²) < 4.78 is 31.1. The molecule has 0 bridgehead atoms. The van der Waals surface area contributed by atoms with Crippen molar-refractivity contribution in [2.75, 3.05) is 14.1 Å². The number of halogens is 2. The van der Waals surface area contributed by atoms with Gasteiger partial charge in [0.15, 0.2) is 5.82 Å². The van der Waals surface area contributed by atoms with Gasteiger partial charge in [-0.15, -0.1) is 5.10 Å². The quantitative estimate of drug-likeness (QED) is 0.671. The smallest absolute Gasteiger partial charge is 0.204 e. The second kappa shape index (κ2) is 6.62. The summed E-state index contributed by atoms with van der Waals surface area (Å²) in [5.74, 6) is -0.814. The van der Waals surface area contributed by atoms with Gasteiger partial charge in [0.05, 0.1) is 12.4 Å². The zero-order chi connectivity index (χ0) is 17.3. The molecule has 0 N–H and O–H groups in total. The Morgan fingerprint density at radius 3 is 2.42 bits per heavy atom. The van der Waals surface area contributed by atoms with Gasteiger partial charge in [-0.2, -0.15) is 0 Å². The third-order valence-corrected chi connectivity index (χ3v) is 3.83. The molecule has 1 aromatic heterocycles. The molecule has 0 spiro atoms. The molecule has 0 fully saturated rings. The van der Waals surface area contributed by atoms with Crippen molar-refractivity contribution in [3.05, 3.63) is 64.9 Å². The third kappa shape index (κ3) is 3.13. The van der Waals surface area contributed by atoms with E-state index in [-0.39, 0.29) is 5.69 Å². The standard InChI is InChI=1S/C17H16F2N4S/c1-21(2)11-22-17(24)23(15-9-8-13(18)10-14(15)19)16(20-22)12-6-4-3-5-7-12/h3-10H,11H2,1-2H3. The van der Waals surface area contributed by atoms with Gasteiger partial charge in [-0.1, -0.05) is 30.3 Å². The van der Waals surface area contributed by atoms with E-state index >= 15 is 0 Å². The normalized spacial score (nSPS) is 11.2. The van der Waals surface area contributed by atoms with E-state index in [4.69, 9.17) is 12.2 Å². The number of aromatic nitrogens is 3. The van der Waals surface area contributed by atoms with Crippen LogP contribution in [-0.4, -0.2) is 33.3 Å². The van der Waals surface area contributed by atoms with Crippen LogP contribution >= 0.6 is 12.2 Å². The lowest BCUT2D eigenvalue weighted by Crippen LogP contribution is -2.18. The second-order valence-corrected chi connectivity index (χ2v) is 5.99. The molecule has 0 unspecified atom stereocenters.